The smallest absolute Gasteiger partial charge is 0.00255 e. The van der Waals surface area contributed by atoms with E-state index in [4.69, 9.17) is 0 Å². The maximum absolute atomic E-state index is 3.65. The lowest BCUT2D eigenvalue weighted by Crippen LogP contribution is -2.47. The summed E-state index contributed by atoms with van der Waals surface area (Å²) >= 11 is 0. The molecule has 2 unspecified atom stereocenters. The standard InChI is InChI=1S/C19H29N/c1-15-6-4-7-16(12-15)17-13-20-11-10-19(17)9-5-8-18(2,3)14-19/h4,6-7,12,17,20H,5,8-11,13-14H2,1-3H3. The van der Waals surface area contributed by atoms with Crippen LogP contribution in [0.3, 0.4) is 0 Å². The van der Waals surface area contributed by atoms with E-state index >= 15 is 0 Å². The first kappa shape index (κ1) is 14.1. The highest BCUT2D eigenvalue weighted by atomic mass is 14.9. The van der Waals surface area contributed by atoms with Gasteiger partial charge in [0.1, 0.15) is 0 Å². The molecule has 0 radical (unpaired) electrons. The third-order valence-corrected chi connectivity index (χ3v) is 5.69. The Labute approximate surface area is 124 Å². The number of hydrogen-bond acceptors (Lipinski definition) is 1. The molecule has 1 aliphatic carbocycles. The molecule has 1 N–H and O–H groups in total. The van der Waals surface area contributed by atoms with Crippen molar-refractivity contribution in [1.82, 2.24) is 5.32 Å². The van der Waals surface area contributed by atoms with Gasteiger partial charge in [-0.15, -0.1) is 0 Å². The summed E-state index contributed by atoms with van der Waals surface area (Å²) in [4.78, 5) is 0. The summed E-state index contributed by atoms with van der Waals surface area (Å²) in [6.45, 7) is 9.54. The van der Waals surface area contributed by atoms with Crippen LogP contribution >= 0.6 is 0 Å². The molecule has 1 saturated heterocycles. The molecule has 0 amide bonds. The molecular formula is C19H29N. The summed E-state index contributed by atoms with van der Waals surface area (Å²) in [6, 6.07) is 9.23. The zero-order chi connectivity index (χ0) is 14.2. The van der Waals surface area contributed by atoms with Gasteiger partial charge in [-0.1, -0.05) is 50.1 Å². The highest BCUT2D eigenvalue weighted by molar-refractivity contribution is 5.29. The van der Waals surface area contributed by atoms with E-state index in [1.165, 1.54) is 50.8 Å². The minimum absolute atomic E-state index is 0.525. The highest BCUT2D eigenvalue weighted by Crippen LogP contribution is 2.56. The molecule has 2 atom stereocenters. The number of aryl methyl sites for hydroxylation is 1. The van der Waals surface area contributed by atoms with E-state index < -0.39 is 0 Å². The molecule has 1 aromatic rings. The molecule has 3 rings (SSSR count). The maximum atomic E-state index is 3.65. The number of benzene rings is 1. The lowest BCUT2D eigenvalue weighted by Gasteiger charge is -2.52. The maximum Gasteiger partial charge on any atom is 0.00255 e. The minimum atomic E-state index is 0.525. The van der Waals surface area contributed by atoms with Crippen LogP contribution in [0.15, 0.2) is 24.3 Å². The van der Waals surface area contributed by atoms with Gasteiger partial charge in [-0.05, 0) is 55.5 Å². The van der Waals surface area contributed by atoms with Gasteiger partial charge < -0.3 is 5.32 Å². The Kier molecular flexibility index (Phi) is 3.66. The molecule has 2 fully saturated rings. The Bertz CT molecular complexity index is 472. The van der Waals surface area contributed by atoms with Gasteiger partial charge in [0, 0.05) is 12.5 Å². The summed E-state index contributed by atoms with van der Waals surface area (Å²) in [6.07, 6.45) is 7.00. The lowest BCUT2D eigenvalue weighted by molar-refractivity contribution is 0.0332. The zero-order valence-corrected chi connectivity index (χ0v) is 13.3. The number of piperidine rings is 1. The monoisotopic (exact) mass is 271 g/mol. The number of hydrogen-bond donors (Lipinski definition) is 1. The summed E-state index contributed by atoms with van der Waals surface area (Å²) < 4.78 is 0. The van der Waals surface area contributed by atoms with E-state index in [0.29, 0.717) is 16.7 Å². The van der Waals surface area contributed by atoms with Crippen LogP contribution in [0, 0.1) is 17.8 Å². The van der Waals surface area contributed by atoms with E-state index in [-0.39, 0.29) is 0 Å². The van der Waals surface area contributed by atoms with Crippen LogP contribution in [-0.4, -0.2) is 13.1 Å². The van der Waals surface area contributed by atoms with Crippen molar-refractivity contribution in [3.8, 4) is 0 Å². The third-order valence-electron chi connectivity index (χ3n) is 5.69. The normalized spacial score (nSPS) is 33.2. The van der Waals surface area contributed by atoms with Gasteiger partial charge in [0.25, 0.3) is 0 Å². The van der Waals surface area contributed by atoms with Gasteiger partial charge in [0.15, 0.2) is 0 Å². The van der Waals surface area contributed by atoms with Crippen LogP contribution in [0.2, 0.25) is 0 Å². The average Bonchev–Trinajstić information content (AvgIpc) is 2.37. The van der Waals surface area contributed by atoms with Gasteiger partial charge in [0.05, 0.1) is 0 Å². The van der Waals surface area contributed by atoms with E-state index in [1.807, 2.05) is 0 Å². The molecule has 1 aliphatic heterocycles. The van der Waals surface area contributed by atoms with Crippen LogP contribution in [-0.2, 0) is 0 Å². The summed E-state index contributed by atoms with van der Waals surface area (Å²) in [5, 5.41) is 3.65. The van der Waals surface area contributed by atoms with E-state index in [9.17, 15) is 0 Å². The topological polar surface area (TPSA) is 12.0 Å². The molecule has 1 heterocycles. The van der Waals surface area contributed by atoms with Crippen LogP contribution in [0.25, 0.3) is 0 Å². The molecule has 1 aromatic carbocycles. The Morgan fingerprint density at radius 3 is 2.75 bits per heavy atom. The molecule has 110 valence electrons. The predicted molar refractivity (Wildman–Crippen MR) is 86.1 cm³/mol. The molecule has 1 nitrogen and oxygen atoms in total. The quantitative estimate of drug-likeness (QED) is 0.783. The highest BCUT2D eigenvalue weighted by Gasteiger charge is 2.46. The first-order valence-electron chi connectivity index (χ1n) is 8.28. The van der Waals surface area contributed by atoms with Gasteiger partial charge in [-0.2, -0.15) is 0 Å². The van der Waals surface area contributed by atoms with Crippen LogP contribution in [0.5, 0.6) is 0 Å². The van der Waals surface area contributed by atoms with Crippen LogP contribution < -0.4 is 5.32 Å². The lowest BCUT2D eigenvalue weighted by atomic mass is 9.55. The summed E-state index contributed by atoms with van der Waals surface area (Å²) in [5.74, 6) is 0.704. The molecule has 1 saturated carbocycles. The predicted octanol–water partition coefficient (Wildman–Crippen LogP) is 4.66. The Morgan fingerprint density at radius 2 is 2.00 bits per heavy atom. The van der Waals surface area contributed by atoms with Gasteiger partial charge >= 0.3 is 0 Å². The van der Waals surface area contributed by atoms with Crippen molar-refractivity contribution in [3.63, 3.8) is 0 Å². The van der Waals surface area contributed by atoms with Gasteiger partial charge in [-0.25, -0.2) is 0 Å². The Hall–Kier alpha value is -0.820. The number of nitrogens with one attached hydrogen (secondary N) is 1. The van der Waals surface area contributed by atoms with Crippen molar-refractivity contribution >= 4 is 0 Å². The number of rotatable bonds is 1. The summed E-state index contributed by atoms with van der Waals surface area (Å²) in [7, 11) is 0. The largest absolute Gasteiger partial charge is 0.316 e. The van der Waals surface area contributed by atoms with Crippen molar-refractivity contribution in [1.29, 1.82) is 0 Å². The molecular weight excluding hydrogens is 242 g/mol. The van der Waals surface area contributed by atoms with Crippen molar-refractivity contribution in [2.45, 2.75) is 58.8 Å². The third kappa shape index (κ3) is 2.65. The molecule has 0 aromatic heterocycles. The molecule has 2 aliphatic rings. The Balaban J connectivity index is 1.94. The van der Waals surface area contributed by atoms with E-state index in [0.717, 1.165) is 0 Å². The summed E-state index contributed by atoms with van der Waals surface area (Å²) in [5.41, 5.74) is 4.03. The fourth-order valence-electron chi connectivity index (χ4n) is 4.89. The fraction of sp³-hybridized carbons (Fsp3) is 0.684. The SMILES string of the molecule is Cc1cccc(C2CNCCC23CCCC(C)(C)C3)c1. The second-order valence-electron chi connectivity index (χ2n) is 7.98. The van der Waals surface area contributed by atoms with E-state index in [1.54, 1.807) is 5.56 Å². The molecule has 0 bridgehead atoms. The minimum Gasteiger partial charge on any atom is -0.316 e. The van der Waals surface area contributed by atoms with Crippen molar-refractivity contribution in [2.24, 2.45) is 10.8 Å². The Morgan fingerprint density at radius 1 is 1.15 bits per heavy atom. The molecule has 1 spiro atoms. The first-order valence-corrected chi connectivity index (χ1v) is 8.28. The van der Waals surface area contributed by atoms with Gasteiger partial charge in [-0.3, -0.25) is 0 Å². The molecule has 20 heavy (non-hydrogen) atoms. The second kappa shape index (κ2) is 5.18. The van der Waals surface area contributed by atoms with Crippen molar-refractivity contribution in [2.75, 3.05) is 13.1 Å². The molecule has 1 heteroatoms. The zero-order valence-electron chi connectivity index (χ0n) is 13.3. The van der Waals surface area contributed by atoms with Crippen molar-refractivity contribution in [3.05, 3.63) is 35.4 Å². The second-order valence-corrected chi connectivity index (χ2v) is 7.98. The van der Waals surface area contributed by atoms with Crippen molar-refractivity contribution < 1.29 is 0 Å². The van der Waals surface area contributed by atoms with Gasteiger partial charge in [0.2, 0.25) is 0 Å². The van der Waals surface area contributed by atoms with E-state index in [2.05, 4.69) is 50.4 Å². The first-order chi connectivity index (χ1) is 9.51. The average molecular weight is 271 g/mol. The van der Waals surface area contributed by atoms with Crippen LogP contribution in [0.4, 0.5) is 0 Å². The fourth-order valence-corrected chi connectivity index (χ4v) is 4.89. The van der Waals surface area contributed by atoms with Crippen LogP contribution in [0.1, 0.15) is 63.0 Å².